The van der Waals surface area contributed by atoms with Crippen LogP contribution in [0.3, 0.4) is 0 Å². The second kappa shape index (κ2) is 12.2. The second-order valence-corrected chi connectivity index (χ2v) is 10.2. The molecule has 0 fully saturated rings. The van der Waals surface area contributed by atoms with E-state index in [0.717, 1.165) is 27.9 Å². The molecule has 5 rings (SSSR count). The summed E-state index contributed by atoms with van der Waals surface area (Å²) in [6.07, 6.45) is 4.98. The number of nitrogens with zero attached hydrogens (tertiary/aromatic N) is 7. The van der Waals surface area contributed by atoms with E-state index in [0.29, 0.717) is 17.2 Å². The van der Waals surface area contributed by atoms with Gasteiger partial charge in [-0.1, -0.05) is 0 Å². The highest BCUT2D eigenvalue weighted by atomic mass is 19.1. The zero-order valence-electron chi connectivity index (χ0n) is 24.4. The predicted octanol–water partition coefficient (Wildman–Crippen LogP) is 4.05. The molecular weight excluding hydrogens is 551 g/mol. The van der Waals surface area contributed by atoms with E-state index in [9.17, 15) is 14.0 Å². The fourth-order valence-corrected chi connectivity index (χ4v) is 4.64. The van der Waals surface area contributed by atoms with E-state index in [-0.39, 0.29) is 12.5 Å². The van der Waals surface area contributed by atoms with Gasteiger partial charge in [-0.3, -0.25) is 4.79 Å². The number of aryl methyl sites for hydroxylation is 2. The minimum Gasteiger partial charge on any atom is -0.467 e. The molecule has 11 nitrogen and oxygen atoms in total. The lowest BCUT2D eigenvalue weighted by Gasteiger charge is -2.27. The smallest absolute Gasteiger partial charge is 0.330 e. The van der Waals surface area contributed by atoms with Gasteiger partial charge in [0.05, 0.1) is 25.0 Å². The van der Waals surface area contributed by atoms with E-state index in [4.69, 9.17) is 4.74 Å². The molecule has 1 N–H and O–H groups in total. The Bertz CT molecular complexity index is 1730. The Balaban J connectivity index is 1.44. The number of aromatic nitrogens is 5. The minimum atomic E-state index is -1.10. The summed E-state index contributed by atoms with van der Waals surface area (Å²) in [5.74, 6) is -0.675. The molecule has 0 aliphatic rings. The van der Waals surface area contributed by atoms with E-state index >= 15 is 0 Å². The molecule has 0 saturated carbocycles. The Morgan fingerprint density at radius 3 is 2.40 bits per heavy atom. The standard InChI is InChI=1S/C31H31FN8O3/c1-19-16-34-30(35-17-19)40(23-9-7-22(32)8-10-23)18-25(29(42)43-5)36-28(41)20-6-11-26-21(14-20)15-27(39(26)4)24-12-13-33-31(37-24)38(2)3/h6-17,25H,18H2,1-5H3,(H,36,41). The van der Waals surface area contributed by atoms with Crippen LogP contribution in [-0.4, -0.2) is 70.2 Å². The van der Waals surface area contributed by atoms with Crippen LogP contribution in [0.4, 0.5) is 22.0 Å². The fraction of sp³-hybridized carbons (Fsp3) is 0.226. The summed E-state index contributed by atoms with van der Waals surface area (Å²) in [5.41, 5.74) is 4.24. The van der Waals surface area contributed by atoms with Crippen LogP contribution < -0.4 is 15.1 Å². The summed E-state index contributed by atoms with van der Waals surface area (Å²) in [6, 6.07) is 13.7. The quantitative estimate of drug-likeness (QED) is 0.257. The van der Waals surface area contributed by atoms with E-state index in [1.807, 2.05) is 55.7 Å². The Morgan fingerprint density at radius 2 is 1.72 bits per heavy atom. The van der Waals surface area contributed by atoms with Gasteiger partial charge in [0.15, 0.2) is 0 Å². The molecule has 0 radical (unpaired) electrons. The lowest BCUT2D eigenvalue weighted by Crippen LogP contribution is -2.48. The third-order valence-corrected chi connectivity index (χ3v) is 6.91. The number of fused-ring (bicyclic) bond motifs is 1. The van der Waals surface area contributed by atoms with E-state index in [1.165, 1.54) is 19.2 Å². The Labute approximate surface area is 248 Å². The Kier molecular flexibility index (Phi) is 8.28. The van der Waals surface area contributed by atoms with Gasteiger partial charge in [0.25, 0.3) is 5.91 Å². The molecule has 1 unspecified atom stereocenters. The molecule has 0 saturated heterocycles. The lowest BCUT2D eigenvalue weighted by molar-refractivity contribution is -0.142. The van der Waals surface area contributed by atoms with Gasteiger partial charge in [0.2, 0.25) is 11.9 Å². The summed E-state index contributed by atoms with van der Waals surface area (Å²) >= 11 is 0. The molecular formula is C31H31FN8O3. The first-order valence-corrected chi connectivity index (χ1v) is 13.4. The maximum Gasteiger partial charge on any atom is 0.330 e. The number of hydrogen-bond acceptors (Lipinski definition) is 9. The molecule has 0 aliphatic carbocycles. The van der Waals surface area contributed by atoms with Crippen molar-refractivity contribution >= 4 is 40.4 Å². The molecule has 3 aromatic heterocycles. The summed E-state index contributed by atoms with van der Waals surface area (Å²) in [7, 11) is 6.93. The van der Waals surface area contributed by atoms with Crippen LogP contribution in [0.15, 0.2) is 73.2 Å². The number of amides is 1. The Hall–Kier alpha value is -5.39. The topological polar surface area (TPSA) is 118 Å². The number of halogens is 1. The highest BCUT2D eigenvalue weighted by Gasteiger charge is 2.27. The van der Waals surface area contributed by atoms with Gasteiger partial charge in [-0.2, -0.15) is 0 Å². The van der Waals surface area contributed by atoms with Gasteiger partial charge in [-0.15, -0.1) is 0 Å². The van der Waals surface area contributed by atoms with E-state index in [1.54, 1.807) is 47.8 Å². The van der Waals surface area contributed by atoms with Crippen molar-refractivity contribution in [2.24, 2.45) is 7.05 Å². The number of benzene rings is 2. The van der Waals surface area contributed by atoms with Gasteiger partial charge < -0.3 is 24.4 Å². The van der Waals surface area contributed by atoms with Crippen molar-refractivity contribution in [3.05, 3.63) is 90.1 Å². The SMILES string of the molecule is COC(=O)C(CN(c1ccc(F)cc1)c1ncc(C)cn1)NC(=O)c1ccc2c(c1)cc(-c1ccnc(N(C)C)n1)n2C. The van der Waals surface area contributed by atoms with Crippen LogP contribution in [0.2, 0.25) is 0 Å². The van der Waals surface area contributed by atoms with Crippen LogP contribution in [-0.2, 0) is 16.6 Å². The van der Waals surface area contributed by atoms with E-state index < -0.39 is 23.7 Å². The zero-order valence-corrected chi connectivity index (χ0v) is 24.4. The molecule has 220 valence electrons. The summed E-state index contributed by atoms with van der Waals surface area (Å²) < 4.78 is 20.7. The number of hydrogen-bond donors (Lipinski definition) is 1. The molecule has 3 heterocycles. The zero-order chi connectivity index (χ0) is 30.7. The van der Waals surface area contributed by atoms with Crippen LogP contribution in [0.5, 0.6) is 0 Å². The maximum atomic E-state index is 13.7. The number of rotatable bonds is 9. The summed E-state index contributed by atoms with van der Waals surface area (Å²) in [4.78, 5) is 47.5. The van der Waals surface area contributed by atoms with Crippen LogP contribution >= 0.6 is 0 Å². The van der Waals surface area contributed by atoms with Crippen molar-refractivity contribution in [2.45, 2.75) is 13.0 Å². The number of methoxy groups -OCH3 is 1. The lowest BCUT2D eigenvalue weighted by atomic mass is 10.1. The van der Waals surface area contributed by atoms with Crippen molar-refractivity contribution in [2.75, 3.05) is 37.5 Å². The molecule has 5 aromatic rings. The number of esters is 1. The summed E-state index contributed by atoms with van der Waals surface area (Å²) in [6.45, 7) is 1.79. The first-order chi connectivity index (χ1) is 20.6. The van der Waals surface area contributed by atoms with Gasteiger partial charge in [0, 0.05) is 61.9 Å². The van der Waals surface area contributed by atoms with Crippen LogP contribution in [0.1, 0.15) is 15.9 Å². The van der Waals surface area contributed by atoms with Crippen molar-refractivity contribution in [3.63, 3.8) is 0 Å². The average molecular weight is 583 g/mol. The molecule has 0 aliphatic heterocycles. The van der Waals surface area contributed by atoms with Gasteiger partial charge >= 0.3 is 5.97 Å². The van der Waals surface area contributed by atoms with Gasteiger partial charge in [-0.25, -0.2) is 29.1 Å². The molecule has 43 heavy (non-hydrogen) atoms. The van der Waals surface area contributed by atoms with Crippen LogP contribution in [0.25, 0.3) is 22.3 Å². The molecule has 1 atom stereocenters. The summed E-state index contributed by atoms with van der Waals surface area (Å²) in [5, 5.41) is 3.62. The highest BCUT2D eigenvalue weighted by Crippen LogP contribution is 2.28. The molecule has 0 bridgehead atoms. The predicted molar refractivity (Wildman–Crippen MR) is 162 cm³/mol. The maximum absolute atomic E-state index is 13.7. The number of ether oxygens (including phenoxy) is 1. The molecule has 2 aromatic carbocycles. The second-order valence-electron chi connectivity index (χ2n) is 10.2. The van der Waals surface area contributed by atoms with Crippen molar-refractivity contribution in [3.8, 4) is 11.4 Å². The highest BCUT2D eigenvalue weighted by molar-refractivity contribution is 6.01. The molecule has 1 amide bonds. The fourth-order valence-electron chi connectivity index (χ4n) is 4.64. The van der Waals surface area contributed by atoms with Crippen LogP contribution in [0, 0.1) is 12.7 Å². The minimum absolute atomic E-state index is 0.0627. The largest absolute Gasteiger partial charge is 0.467 e. The van der Waals surface area contributed by atoms with Gasteiger partial charge in [-0.05, 0) is 67.1 Å². The molecule has 12 heteroatoms. The third kappa shape index (κ3) is 6.27. The normalized spacial score (nSPS) is 11.7. The first-order valence-electron chi connectivity index (χ1n) is 13.4. The number of nitrogens with one attached hydrogen (secondary N) is 1. The van der Waals surface area contributed by atoms with E-state index in [2.05, 4.69) is 25.3 Å². The van der Waals surface area contributed by atoms with Crippen molar-refractivity contribution in [1.29, 1.82) is 0 Å². The van der Waals surface area contributed by atoms with Gasteiger partial charge in [0.1, 0.15) is 11.9 Å². The number of carbonyl (C=O) groups is 2. The number of anilines is 3. The monoisotopic (exact) mass is 582 g/mol. The average Bonchev–Trinajstić information content (AvgIpc) is 3.35. The first kappa shape index (κ1) is 29.1. The number of carbonyl (C=O) groups excluding carboxylic acids is 2. The van der Waals surface area contributed by atoms with Crippen molar-refractivity contribution < 1.29 is 18.7 Å². The Morgan fingerprint density at radius 1 is 1.00 bits per heavy atom. The van der Waals surface area contributed by atoms with Crippen molar-refractivity contribution in [1.82, 2.24) is 29.8 Å². The molecule has 0 spiro atoms. The third-order valence-electron chi connectivity index (χ3n) is 6.91.